The second kappa shape index (κ2) is 11.5. The highest BCUT2D eigenvalue weighted by molar-refractivity contribution is 6.34. The maximum atomic E-state index is 2.50. The Morgan fingerprint density at radius 2 is 0.769 bits per heavy atom. The van der Waals surface area contributed by atoms with Crippen molar-refractivity contribution in [3.8, 4) is 33.4 Å². The van der Waals surface area contributed by atoms with Crippen molar-refractivity contribution in [2.24, 2.45) is 0 Å². The van der Waals surface area contributed by atoms with Gasteiger partial charge in [-0.25, -0.2) is 0 Å². The summed E-state index contributed by atoms with van der Waals surface area (Å²) in [5.41, 5.74) is 10.6. The minimum absolute atomic E-state index is 1.05. The minimum atomic E-state index is 1.05. The molecule has 0 aliphatic heterocycles. The number of fused-ring (bicyclic) bond motifs is 11. The average Bonchev–Trinajstić information content (AvgIpc) is 3.22. The van der Waals surface area contributed by atoms with Crippen LogP contribution in [0.2, 0.25) is 0 Å². The van der Waals surface area contributed by atoms with E-state index in [1.54, 1.807) is 0 Å². The Labute approximate surface area is 302 Å². The molecule has 52 heavy (non-hydrogen) atoms. The van der Waals surface area contributed by atoms with Gasteiger partial charge in [0.05, 0.1) is 0 Å². The molecule has 11 rings (SSSR count). The van der Waals surface area contributed by atoms with E-state index in [1.807, 2.05) is 0 Å². The Bertz CT molecular complexity index is 3050. The van der Waals surface area contributed by atoms with Gasteiger partial charge in [-0.2, -0.15) is 0 Å². The summed E-state index contributed by atoms with van der Waals surface area (Å²) >= 11 is 0. The van der Waals surface area contributed by atoms with Gasteiger partial charge in [0.1, 0.15) is 0 Å². The van der Waals surface area contributed by atoms with Crippen LogP contribution in [-0.2, 0) is 6.42 Å². The maximum absolute atomic E-state index is 2.50. The van der Waals surface area contributed by atoms with Gasteiger partial charge in [0.2, 0.25) is 0 Å². The second-order valence-corrected chi connectivity index (χ2v) is 14.2. The van der Waals surface area contributed by atoms with Crippen molar-refractivity contribution >= 4 is 70.7 Å². The largest absolute Gasteiger partial charge is 0.0836 e. The average molecular weight is 659 g/mol. The molecule has 0 atom stereocenters. The van der Waals surface area contributed by atoms with Crippen LogP contribution >= 0.6 is 0 Å². The number of rotatable bonds is 3. The fourth-order valence-electron chi connectivity index (χ4n) is 9.34. The van der Waals surface area contributed by atoms with Crippen molar-refractivity contribution in [3.63, 3.8) is 0 Å². The van der Waals surface area contributed by atoms with Crippen molar-refractivity contribution in [1.82, 2.24) is 0 Å². The molecule has 0 saturated heterocycles. The van der Waals surface area contributed by atoms with Crippen LogP contribution in [0.4, 0.5) is 0 Å². The van der Waals surface area contributed by atoms with E-state index in [-0.39, 0.29) is 0 Å². The van der Waals surface area contributed by atoms with Crippen molar-refractivity contribution in [3.05, 3.63) is 187 Å². The number of benzene rings is 10. The van der Waals surface area contributed by atoms with E-state index in [2.05, 4.69) is 182 Å². The zero-order valence-electron chi connectivity index (χ0n) is 28.7. The lowest BCUT2D eigenvalue weighted by molar-refractivity contribution is 0.989. The summed E-state index contributed by atoms with van der Waals surface area (Å²) in [7, 11) is 0. The molecule has 10 aromatic rings. The molecule has 0 fully saturated rings. The molecule has 0 nitrogen and oxygen atoms in total. The third-order valence-electron chi connectivity index (χ3n) is 11.5. The molecule has 242 valence electrons. The van der Waals surface area contributed by atoms with E-state index in [4.69, 9.17) is 0 Å². The smallest absolute Gasteiger partial charge is 0.00199 e. The monoisotopic (exact) mass is 658 g/mol. The fourth-order valence-corrected chi connectivity index (χ4v) is 9.34. The highest BCUT2D eigenvalue weighted by atomic mass is 14.3. The molecule has 0 unspecified atom stereocenters. The summed E-state index contributed by atoms with van der Waals surface area (Å²) in [5.74, 6) is 0. The Morgan fingerprint density at radius 3 is 1.38 bits per heavy atom. The zero-order valence-corrected chi connectivity index (χ0v) is 28.7. The van der Waals surface area contributed by atoms with Crippen LogP contribution in [0.3, 0.4) is 0 Å². The van der Waals surface area contributed by atoms with Crippen LogP contribution in [0.1, 0.15) is 17.5 Å². The molecule has 0 bridgehead atoms. The first-order chi connectivity index (χ1) is 25.8. The minimum Gasteiger partial charge on any atom is -0.0836 e. The molecule has 0 spiro atoms. The molecule has 0 heteroatoms. The van der Waals surface area contributed by atoms with Gasteiger partial charge in [-0.05, 0) is 128 Å². The summed E-state index contributed by atoms with van der Waals surface area (Å²) in [6.07, 6.45) is 6.85. The predicted octanol–water partition coefficient (Wildman–Crippen LogP) is 14.6. The molecule has 0 radical (unpaired) electrons. The summed E-state index contributed by atoms with van der Waals surface area (Å²) in [4.78, 5) is 0. The summed E-state index contributed by atoms with van der Waals surface area (Å²) < 4.78 is 0. The molecule has 0 saturated carbocycles. The van der Waals surface area contributed by atoms with Crippen molar-refractivity contribution < 1.29 is 0 Å². The lowest BCUT2D eigenvalue weighted by atomic mass is 9.79. The molecule has 0 amide bonds. The van der Waals surface area contributed by atoms with E-state index >= 15 is 0 Å². The first-order valence-electron chi connectivity index (χ1n) is 18.4. The van der Waals surface area contributed by atoms with E-state index in [0.29, 0.717) is 0 Å². The predicted molar refractivity (Wildman–Crippen MR) is 225 cm³/mol. The second-order valence-electron chi connectivity index (χ2n) is 14.2. The molecule has 0 aromatic heterocycles. The molecular formula is C52H34. The quantitative estimate of drug-likeness (QED) is 0.131. The van der Waals surface area contributed by atoms with Crippen LogP contribution in [0.25, 0.3) is 104 Å². The SMILES string of the molecule is C1=Cc2c(-c3c4ccccc4c(-c4cc5c6ccccc6c6ccccc6c5c5ccccc45)c4ccccc34)ccc(-c3ccccc3)c2CC1. The molecule has 0 heterocycles. The first-order valence-corrected chi connectivity index (χ1v) is 18.4. The van der Waals surface area contributed by atoms with Crippen molar-refractivity contribution in [2.75, 3.05) is 0 Å². The van der Waals surface area contributed by atoms with Gasteiger partial charge in [0.25, 0.3) is 0 Å². The van der Waals surface area contributed by atoms with Gasteiger partial charge in [-0.1, -0.05) is 176 Å². The highest BCUT2D eigenvalue weighted by Crippen LogP contribution is 2.50. The summed E-state index contributed by atoms with van der Waals surface area (Å²) in [6.45, 7) is 0. The zero-order chi connectivity index (χ0) is 34.2. The topological polar surface area (TPSA) is 0 Å². The Hall–Kier alpha value is -6.50. The third-order valence-corrected chi connectivity index (χ3v) is 11.5. The number of allylic oxidation sites excluding steroid dienone is 1. The third kappa shape index (κ3) is 4.22. The Morgan fingerprint density at radius 1 is 0.327 bits per heavy atom. The van der Waals surface area contributed by atoms with Crippen LogP contribution in [-0.4, -0.2) is 0 Å². The van der Waals surface area contributed by atoms with Crippen LogP contribution in [0.5, 0.6) is 0 Å². The van der Waals surface area contributed by atoms with Gasteiger partial charge < -0.3 is 0 Å². The Balaban J connectivity index is 1.28. The lowest BCUT2D eigenvalue weighted by Crippen LogP contribution is -2.01. The van der Waals surface area contributed by atoms with Gasteiger partial charge in [-0.3, -0.25) is 0 Å². The fraction of sp³-hybridized carbons (Fsp3) is 0.0385. The maximum Gasteiger partial charge on any atom is -0.00199 e. The van der Waals surface area contributed by atoms with Crippen LogP contribution in [0, 0.1) is 0 Å². The number of hydrogen-bond donors (Lipinski definition) is 0. The van der Waals surface area contributed by atoms with Crippen LogP contribution in [0.15, 0.2) is 176 Å². The van der Waals surface area contributed by atoms with E-state index in [9.17, 15) is 0 Å². The van der Waals surface area contributed by atoms with E-state index < -0.39 is 0 Å². The van der Waals surface area contributed by atoms with Gasteiger partial charge in [0.15, 0.2) is 0 Å². The molecule has 1 aliphatic carbocycles. The van der Waals surface area contributed by atoms with E-state index in [1.165, 1.54) is 109 Å². The van der Waals surface area contributed by atoms with Gasteiger partial charge in [0, 0.05) is 0 Å². The number of hydrogen-bond acceptors (Lipinski definition) is 0. The van der Waals surface area contributed by atoms with E-state index in [0.717, 1.165) is 12.8 Å². The standard InChI is InChI=1S/C52H34/c1-2-16-33(17-3-1)34-30-31-47(37-20-6-4-18-35(34)37)50-43-26-12-14-28-45(43)52(46-29-15-13-27-44(46)50)49-32-48-39-22-7-5-19-36(39)38-21-8-10-24-41(38)51(48)42-25-11-9-23-40(42)49/h1-3,5-17,19-32H,4,18H2. The lowest BCUT2D eigenvalue weighted by Gasteiger charge is -2.24. The first kappa shape index (κ1) is 29.3. The molecule has 10 aromatic carbocycles. The molecular weight excluding hydrogens is 625 g/mol. The van der Waals surface area contributed by atoms with Crippen molar-refractivity contribution in [1.29, 1.82) is 0 Å². The van der Waals surface area contributed by atoms with Crippen molar-refractivity contribution in [2.45, 2.75) is 12.8 Å². The van der Waals surface area contributed by atoms with Crippen LogP contribution < -0.4 is 0 Å². The summed E-state index contributed by atoms with van der Waals surface area (Å²) in [5, 5.41) is 15.6. The van der Waals surface area contributed by atoms with Gasteiger partial charge in [-0.15, -0.1) is 0 Å². The Kier molecular flexibility index (Phi) is 6.48. The summed E-state index contributed by atoms with van der Waals surface area (Å²) in [6, 6.07) is 63.3. The normalized spacial score (nSPS) is 12.8. The van der Waals surface area contributed by atoms with Gasteiger partial charge >= 0.3 is 0 Å². The molecule has 1 aliphatic rings. The molecule has 0 N–H and O–H groups in total. The highest BCUT2D eigenvalue weighted by Gasteiger charge is 2.23.